The molecule has 2 N–H and O–H groups in total. The van der Waals surface area contributed by atoms with Crippen LogP contribution < -0.4 is 10.6 Å². The van der Waals surface area contributed by atoms with Gasteiger partial charge in [0.05, 0.1) is 0 Å². The molecule has 3 rings (SSSR count). The minimum absolute atomic E-state index is 0.0439. The van der Waals surface area contributed by atoms with E-state index in [1.54, 1.807) is 19.1 Å². The van der Waals surface area contributed by atoms with Crippen molar-refractivity contribution >= 4 is 17.6 Å². The third-order valence-electron chi connectivity index (χ3n) is 4.68. The Morgan fingerprint density at radius 2 is 1.52 bits per heavy atom. The van der Waals surface area contributed by atoms with Crippen molar-refractivity contribution in [2.75, 3.05) is 31.5 Å². The Morgan fingerprint density at radius 1 is 0.926 bits per heavy atom. The van der Waals surface area contributed by atoms with Gasteiger partial charge >= 0.3 is 6.03 Å². The molecule has 0 spiro atoms. The molecule has 1 atom stereocenters. The van der Waals surface area contributed by atoms with Gasteiger partial charge in [0.2, 0.25) is 5.91 Å². The van der Waals surface area contributed by atoms with Crippen LogP contribution in [-0.4, -0.2) is 54.0 Å². The van der Waals surface area contributed by atoms with E-state index in [2.05, 4.69) is 27.7 Å². The van der Waals surface area contributed by atoms with Crippen molar-refractivity contribution in [3.8, 4) is 0 Å². The van der Waals surface area contributed by atoms with Gasteiger partial charge in [-0.15, -0.1) is 0 Å². The highest BCUT2D eigenvalue weighted by Gasteiger charge is 2.25. The zero-order valence-electron chi connectivity index (χ0n) is 15.6. The fourth-order valence-corrected chi connectivity index (χ4v) is 3.19. The summed E-state index contributed by atoms with van der Waals surface area (Å²) in [4.78, 5) is 28.9. The summed E-state index contributed by atoms with van der Waals surface area (Å²) < 4.78 is 0. The van der Waals surface area contributed by atoms with E-state index in [1.165, 1.54) is 5.56 Å². The van der Waals surface area contributed by atoms with Crippen molar-refractivity contribution in [3.05, 3.63) is 66.2 Å². The lowest BCUT2D eigenvalue weighted by Gasteiger charge is -2.36. The molecule has 0 aromatic heterocycles. The molecule has 27 heavy (non-hydrogen) atoms. The van der Waals surface area contributed by atoms with E-state index in [9.17, 15) is 9.59 Å². The number of rotatable bonds is 5. The van der Waals surface area contributed by atoms with Crippen LogP contribution in [0.25, 0.3) is 0 Å². The third-order valence-corrected chi connectivity index (χ3v) is 4.68. The van der Waals surface area contributed by atoms with Crippen molar-refractivity contribution in [1.29, 1.82) is 0 Å². The topological polar surface area (TPSA) is 64.7 Å². The summed E-state index contributed by atoms with van der Waals surface area (Å²) in [6, 6.07) is 18.6. The fourth-order valence-electron chi connectivity index (χ4n) is 3.19. The van der Waals surface area contributed by atoms with Crippen LogP contribution in [0.15, 0.2) is 60.7 Å². The lowest BCUT2D eigenvalue weighted by atomic mass is 10.2. The molecule has 142 valence electrons. The molecule has 3 amide bonds. The number of hydrogen-bond acceptors (Lipinski definition) is 3. The minimum atomic E-state index is -0.561. The molecule has 1 aliphatic heterocycles. The molecule has 1 aliphatic rings. The highest BCUT2D eigenvalue weighted by Crippen LogP contribution is 2.10. The Balaban J connectivity index is 1.43. The van der Waals surface area contributed by atoms with Gasteiger partial charge in [0, 0.05) is 38.4 Å². The molecule has 2 aromatic rings. The van der Waals surface area contributed by atoms with Crippen LogP contribution in [0, 0.1) is 0 Å². The number of piperazine rings is 1. The van der Waals surface area contributed by atoms with Gasteiger partial charge in [-0.1, -0.05) is 48.5 Å². The van der Waals surface area contributed by atoms with E-state index in [4.69, 9.17) is 0 Å². The second-order valence-corrected chi connectivity index (χ2v) is 6.77. The minimum Gasteiger partial charge on any atom is -0.338 e. The fraction of sp³-hybridized carbons (Fsp3) is 0.333. The van der Waals surface area contributed by atoms with E-state index in [1.807, 2.05) is 41.3 Å². The Morgan fingerprint density at radius 3 is 2.15 bits per heavy atom. The number of urea groups is 1. The van der Waals surface area contributed by atoms with Gasteiger partial charge in [0.25, 0.3) is 0 Å². The quantitative estimate of drug-likeness (QED) is 0.855. The maximum Gasteiger partial charge on any atom is 0.319 e. The zero-order chi connectivity index (χ0) is 19.1. The second-order valence-electron chi connectivity index (χ2n) is 6.77. The first-order chi connectivity index (χ1) is 13.1. The summed E-state index contributed by atoms with van der Waals surface area (Å²) in [5.74, 6) is -0.0439. The monoisotopic (exact) mass is 366 g/mol. The smallest absolute Gasteiger partial charge is 0.319 e. The number of carbonyl (C=O) groups is 2. The van der Waals surface area contributed by atoms with Crippen LogP contribution in [0.5, 0.6) is 0 Å². The average molecular weight is 366 g/mol. The largest absolute Gasteiger partial charge is 0.338 e. The van der Waals surface area contributed by atoms with E-state index >= 15 is 0 Å². The van der Waals surface area contributed by atoms with Crippen LogP contribution >= 0.6 is 0 Å². The van der Waals surface area contributed by atoms with Crippen molar-refractivity contribution in [2.45, 2.75) is 19.5 Å². The van der Waals surface area contributed by atoms with Gasteiger partial charge in [0.1, 0.15) is 6.04 Å². The van der Waals surface area contributed by atoms with E-state index < -0.39 is 6.04 Å². The molecule has 0 radical (unpaired) electrons. The van der Waals surface area contributed by atoms with Crippen molar-refractivity contribution < 1.29 is 9.59 Å². The highest BCUT2D eigenvalue weighted by molar-refractivity contribution is 5.93. The number of amides is 3. The first-order valence-corrected chi connectivity index (χ1v) is 9.29. The Labute approximate surface area is 160 Å². The second kappa shape index (κ2) is 9.19. The summed E-state index contributed by atoms with van der Waals surface area (Å²) in [5, 5.41) is 5.46. The molecule has 0 bridgehead atoms. The lowest BCUT2D eigenvalue weighted by Crippen LogP contribution is -2.54. The van der Waals surface area contributed by atoms with Gasteiger partial charge in [-0.05, 0) is 24.6 Å². The number of anilines is 1. The van der Waals surface area contributed by atoms with Crippen LogP contribution in [0.3, 0.4) is 0 Å². The van der Waals surface area contributed by atoms with E-state index in [0.717, 1.165) is 19.6 Å². The predicted octanol–water partition coefficient (Wildman–Crippen LogP) is 2.54. The van der Waals surface area contributed by atoms with Crippen LogP contribution in [0.4, 0.5) is 10.5 Å². The van der Waals surface area contributed by atoms with Crippen molar-refractivity contribution in [3.63, 3.8) is 0 Å². The van der Waals surface area contributed by atoms with Gasteiger partial charge < -0.3 is 15.5 Å². The Bertz CT molecular complexity index is 743. The lowest BCUT2D eigenvalue weighted by molar-refractivity contribution is -0.134. The summed E-state index contributed by atoms with van der Waals surface area (Å²) in [5.41, 5.74) is 1.98. The molecule has 1 heterocycles. The summed E-state index contributed by atoms with van der Waals surface area (Å²) in [7, 11) is 0. The Kier molecular flexibility index (Phi) is 6.44. The van der Waals surface area contributed by atoms with Crippen LogP contribution in [0.2, 0.25) is 0 Å². The van der Waals surface area contributed by atoms with E-state index in [-0.39, 0.29) is 11.9 Å². The molecule has 0 unspecified atom stereocenters. The summed E-state index contributed by atoms with van der Waals surface area (Å²) >= 11 is 0. The van der Waals surface area contributed by atoms with Crippen molar-refractivity contribution in [1.82, 2.24) is 15.1 Å². The maximum atomic E-state index is 12.6. The molecule has 0 saturated carbocycles. The van der Waals surface area contributed by atoms with Gasteiger partial charge in [0.15, 0.2) is 0 Å². The third kappa shape index (κ3) is 5.56. The zero-order valence-corrected chi connectivity index (χ0v) is 15.6. The van der Waals surface area contributed by atoms with Crippen LogP contribution in [0.1, 0.15) is 12.5 Å². The maximum absolute atomic E-state index is 12.6. The molecule has 1 saturated heterocycles. The highest BCUT2D eigenvalue weighted by atomic mass is 16.2. The Hall–Kier alpha value is -2.86. The number of benzene rings is 2. The number of carbonyl (C=O) groups excluding carboxylic acids is 2. The van der Waals surface area contributed by atoms with Gasteiger partial charge in [-0.3, -0.25) is 9.69 Å². The summed E-state index contributed by atoms with van der Waals surface area (Å²) in [6.45, 7) is 5.66. The number of nitrogens with zero attached hydrogens (tertiary/aromatic N) is 2. The first-order valence-electron chi connectivity index (χ1n) is 9.29. The normalized spacial score (nSPS) is 15.8. The molecule has 2 aromatic carbocycles. The standard InChI is InChI=1S/C21H26N4O2/c1-17(22-21(27)23-19-10-6-3-7-11-19)20(26)25-14-12-24(13-15-25)16-18-8-4-2-5-9-18/h2-11,17H,12-16H2,1H3,(H2,22,23,27)/t17-/m0/s1. The van der Waals surface area contributed by atoms with E-state index in [0.29, 0.717) is 18.8 Å². The number of nitrogens with one attached hydrogen (secondary N) is 2. The number of para-hydroxylation sites is 1. The molecular formula is C21H26N4O2. The van der Waals surface area contributed by atoms with Gasteiger partial charge in [-0.2, -0.15) is 0 Å². The van der Waals surface area contributed by atoms with Crippen LogP contribution in [-0.2, 0) is 11.3 Å². The SMILES string of the molecule is C[C@H](NC(=O)Nc1ccccc1)C(=O)N1CCN(Cc2ccccc2)CC1. The average Bonchev–Trinajstić information content (AvgIpc) is 2.69. The predicted molar refractivity (Wildman–Crippen MR) is 106 cm³/mol. The molecule has 1 fully saturated rings. The first kappa shape index (κ1) is 18.9. The number of hydrogen-bond donors (Lipinski definition) is 2. The molecular weight excluding hydrogens is 340 g/mol. The molecule has 6 nitrogen and oxygen atoms in total. The van der Waals surface area contributed by atoms with Gasteiger partial charge in [-0.25, -0.2) is 4.79 Å². The van der Waals surface area contributed by atoms with Crippen molar-refractivity contribution in [2.24, 2.45) is 0 Å². The summed E-state index contributed by atoms with van der Waals surface area (Å²) in [6.07, 6.45) is 0. The molecule has 0 aliphatic carbocycles. The molecule has 6 heteroatoms.